The van der Waals surface area contributed by atoms with Gasteiger partial charge in [-0.15, -0.1) is 0 Å². The second kappa shape index (κ2) is 4.62. The summed E-state index contributed by atoms with van der Waals surface area (Å²) < 4.78 is 0. The van der Waals surface area contributed by atoms with Crippen LogP contribution in [0.2, 0.25) is 0 Å². The molecule has 1 aliphatic heterocycles. The highest BCUT2D eigenvalue weighted by atomic mass is 32.1. The average molecular weight is 169 g/mol. The van der Waals surface area contributed by atoms with Gasteiger partial charge in [-0.05, 0) is 38.4 Å². The lowest BCUT2D eigenvalue weighted by molar-refractivity contribution is 0.377. The zero-order chi connectivity index (χ0) is 8.10. The molecule has 0 aromatic carbocycles. The molecule has 1 saturated heterocycles. The lowest BCUT2D eigenvalue weighted by atomic mass is 10.3. The Balaban J connectivity index is 2.24. The predicted octanol–water partition coefficient (Wildman–Crippen LogP) is 2.03. The van der Waals surface area contributed by atoms with E-state index in [4.69, 9.17) is 12.2 Å². The Kier molecular flexibility index (Phi) is 3.73. The first-order chi connectivity index (χ1) is 5.33. The maximum atomic E-state index is 4.80. The van der Waals surface area contributed by atoms with Crippen LogP contribution in [-0.2, 0) is 0 Å². The normalized spacial score (nSPS) is 20.6. The summed E-state index contributed by atoms with van der Waals surface area (Å²) >= 11 is 4.80. The first kappa shape index (κ1) is 8.88. The molecular formula is C9H15NS. The minimum Gasteiger partial charge on any atom is -0.300 e. The van der Waals surface area contributed by atoms with Crippen LogP contribution in [0.3, 0.4) is 0 Å². The molecule has 0 aromatic rings. The number of nitrogens with zero attached hydrogens (tertiary/aromatic N) is 1. The van der Waals surface area contributed by atoms with Gasteiger partial charge in [0.1, 0.15) is 0 Å². The molecule has 11 heavy (non-hydrogen) atoms. The van der Waals surface area contributed by atoms with E-state index in [1.54, 1.807) is 5.37 Å². The standard InChI is InChI=1S/C9H15NS/c1-9(8-11)4-7-10-5-2-3-6-10/h4,8H,2-3,5-7H2,1H3. The molecule has 1 heterocycles. The lowest BCUT2D eigenvalue weighted by Crippen LogP contribution is -2.19. The van der Waals surface area contributed by atoms with Crippen LogP contribution < -0.4 is 0 Å². The fourth-order valence-electron chi connectivity index (χ4n) is 1.29. The van der Waals surface area contributed by atoms with Crippen molar-refractivity contribution in [3.63, 3.8) is 0 Å². The second-order valence-corrected chi connectivity index (χ2v) is 3.31. The van der Waals surface area contributed by atoms with E-state index in [1.807, 2.05) is 0 Å². The number of hydrogen-bond acceptors (Lipinski definition) is 2. The van der Waals surface area contributed by atoms with E-state index < -0.39 is 0 Å². The van der Waals surface area contributed by atoms with Crippen LogP contribution in [0, 0.1) is 0 Å². The quantitative estimate of drug-likeness (QED) is 0.470. The number of likely N-dealkylation sites (tertiary alicyclic amines) is 1. The smallest absolute Gasteiger partial charge is 0.0169 e. The molecule has 2 heteroatoms. The topological polar surface area (TPSA) is 3.24 Å². The molecule has 0 aliphatic carbocycles. The molecule has 0 spiro atoms. The molecule has 0 amide bonds. The Bertz CT molecular complexity index is 157. The fourth-order valence-corrected chi connectivity index (χ4v) is 1.38. The van der Waals surface area contributed by atoms with Gasteiger partial charge >= 0.3 is 0 Å². The van der Waals surface area contributed by atoms with Crippen molar-refractivity contribution in [2.45, 2.75) is 19.8 Å². The van der Waals surface area contributed by atoms with Gasteiger partial charge in [-0.1, -0.05) is 18.3 Å². The van der Waals surface area contributed by atoms with Gasteiger partial charge in [0.15, 0.2) is 0 Å². The lowest BCUT2D eigenvalue weighted by Gasteiger charge is -2.10. The van der Waals surface area contributed by atoms with Gasteiger partial charge in [-0.25, -0.2) is 0 Å². The molecular weight excluding hydrogens is 154 g/mol. The Hall–Kier alpha value is -0.210. The largest absolute Gasteiger partial charge is 0.300 e. The average Bonchev–Trinajstić information content (AvgIpc) is 2.52. The van der Waals surface area contributed by atoms with Crippen molar-refractivity contribution in [1.82, 2.24) is 4.90 Å². The Morgan fingerprint density at radius 1 is 1.45 bits per heavy atom. The molecule has 0 atom stereocenters. The van der Waals surface area contributed by atoms with E-state index in [9.17, 15) is 0 Å². The van der Waals surface area contributed by atoms with Crippen LogP contribution in [0.4, 0.5) is 0 Å². The summed E-state index contributed by atoms with van der Waals surface area (Å²) in [5, 5.41) is 1.75. The molecule has 1 rings (SSSR count). The van der Waals surface area contributed by atoms with E-state index in [2.05, 4.69) is 17.9 Å². The highest BCUT2D eigenvalue weighted by Gasteiger charge is 2.08. The highest BCUT2D eigenvalue weighted by molar-refractivity contribution is 7.79. The summed E-state index contributed by atoms with van der Waals surface area (Å²) in [5.74, 6) is 0. The van der Waals surface area contributed by atoms with Crippen LogP contribution in [0.15, 0.2) is 11.6 Å². The summed E-state index contributed by atoms with van der Waals surface area (Å²) in [7, 11) is 0. The van der Waals surface area contributed by atoms with E-state index in [-0.39, 0.29) is 0 Å². The predicted molar refractivity (Wildman–Crippen MR) is 53.1 cm³/mol. The molecule has 1 nitrogen and oxygen atoms in total. The minimum atomic E-state index is 1.08. The Morgan fingerprint density at radius 3 is 2.64 bits per heavy atom. The zero-order valence-corrected chi connectivity index (χ0v) is 7.86. The highest BCUT2D eigenvalue weighted by Crippen LogP contribution is 2.06. The monoisotopic (exact) mass is 169 g/mol. The third kappa shape index (κ3) is 3.12. The summed E-state index contributed by atoms with van der Waals surface area (Å²) in [6, 6.07) is 0. The van der Waals surface area contributed by atoms with Gasteiger partial charge in [0.2, 0.25) is 0 Å². The molecule has 0 saturated carbocycles. The van der Waals surface area contributed by atoms with Crippen molar-refractivity contribution < 1.29 is 0 Å². The molecule has 0 radical (unpaired) electrons. The molecule has 0 aromatic heterocycles. The van der Waals surface area contributed by atoms with E-state index in [0.717, 1.165) is 6.54 Å². The van der Waals surface area contributed by atoms with Gasteiger partial charge in [-0.3, -0.25) is 4.90 Å². The molecule has 0 unspecified atom stereocenters. The van der Waals surface area contributed by atoms with Gasteiger partial charge in [0, 0.05) is 11.9 Å². The van der Waals surface area contributed by atoms with E-state index in [0.29, 0.717) is 0 Å². The first-order valence-electron chi connectivity index (χ1n) is 4.17. The maximum absolute atomic E-state index is 4.80. The van der Waals surface area contributed by atoms with E-state index >= 15 is 0 Å². The van der Waals surface area contributed by atoms with Gasteiger partial charge in [0.25, 0.3) is 0 Å². The van der Waals surface area contributed by atoms with Crippen LogP contribution in [-0.4, -0.2) is 29.9 Å². The second-order valence-electron chi connectivity index (χ2n) is 3.07. The van der Waals surface area contributed by atoms with Gasteiger partial charge in [-0.2, -0.15) is 0 Å². The number of thiocarbonyl (C=S) groups is 1. The van der Waals surface area contributed by atoms with Crippen LogP contribution >= 0.6 is 12.2 Å². The summed E-state index contributed by atoms with van der Waals surface area (Å²) in [6.45, 7) is 5.67. The molecule has 1 fully saturated rings. The Morgan fingerprint density at radius 2 is 2.09 bits per heavy atom. The number of hydrogen-bond donors (Lipinski definition) is 0. The maximum Gasteiger partial charge on any atom is 0.0169 e. The number of rotatable bonds is 3. The van der Waals surface area contributed by atoms with Crippen LogP contribution in [0.1, 0.15) is 19.8 Å². The molecule has 62 valence electrons. The summed E-state index contributed by atoms with van der Waals surface area (Å²) in [5.41, 5.74) is 1.21. The third-order valence-corrected chi connectivity index (χ3v) is 2.43. The molecule has 0 N–H and O–H groups in total. The molecule has 1 aliphatic rings. The zero-order valence-electron chi connectivity index (χ0n) is 7.05. The van der Waals surface area contributed by atoms with Crippen molar-refractivity contribution in [2.24, 2.45) is 0 Å². The van der Waals surface area contributed by atoms with Crippen molar-refractivity contribution in [1.29, 1.82) is 0 Å². The number of allylic oxidation sites excluding steroid dienone is 1. The van der Waals surface area contributed by atoms with Crippen LogP contribution in [0.25, 0.3) is 0 Å². The first-order valence-corrected chi connectivity index (χ1v) is 4.64. The van der Waals surface area contributed by atoms with Crippen molar-refractivity contribution in [3.05, 3.63) is 11.6 Å². The SMILES string of the molecule is CC(C=S)=CCN1CCCC1. The fraction of sp³-hybridized carbons (Fsp3) is 0.667. The summed E-state index contributed by atoms with van der Waals surface area (Å²) in [6.07, 6.45) is 4.94. The van der Waals surface area contributed by atoms with Crippen molar-refractivity contribution in [3.8, 4) is 0 Å². The molecule has 0 bridgehead atoms. The van der Waals surface area contributed by atoms with E-state index in [1.165, 1.54) is 31.5 Å². The minimum absolute atomic E-state index is 1.08. The van der Waals surface area contributed by atoms with Gasteiger partial charge in [0.05, 0.1) is 0 Å². The Labute approximate surface area is 74.1 Å². The van der Waals surface area contributed by atoms with Crippen LogP contribution in [0.5, 0.6) is 0 Å². The van der Waals surface area contributed by atoms with Gasteiger partial charge < -0.3 is 0 Å². The van der Waals surface area contributed by atoms with Crippen molar-refractivity contribution in [2.75, 3.05) is 19.6 Å². The van der Waals surface area contributed by atoms with Crippen molar-refractivity contribution >= 4 is 17.6 Å². The third-order valence-electron chi connectivity index (χ3n) is 2.06. The summed E-state index contributed by atoms with van der Waals surface area (Å²) in [4.78, 5) is 2.46.